The molecule has 0 bridgehead atoms. The summed E-state index contributed by atoms with van der Waals surface area (Å²) in [6, 6.07) is 19.5. The molecule has 0 heterocycles. The van der Waals surface area contributed by atoms with E-state index < -0.39 is 45.4 Å². The van der Waals surface area contributed by atoms with Gasteiger partial charge >= 0.3 is 0 Å². The highest BCUT2D eigenvalue weighted by Gasteiger charge is 2.69. The fraction of sp³-hybridized carbons (Fsp3) is 0.520. The summed E-state index contributed by atoms with van der Waals surface area (Å²) in [5.41, 5.74) is 0. The van der Waals surface area contributed by atoms with Crippen LogP contribution in [0.4, 0.5) is 0 Å². The van der Waals surface area contributed by atoms with Gasteiger partial charge in [0.05, 0.1) is 17.5 Å². The Kier molecular flexibility index (Phi) is 5.95. The van der Waals surface area contributed by atoms with Crippen molar-refractivity contribution in [3.8, 4) is 0 Å². The highest BCUT2D eigenvalue weighted by Crippen LogP contribution is 2.60. The van der Waals surface area contributed by atoms with E-state index in [9.17, 15) is 23.4 Å². The number of sulfone groups is 1. The summed E-state index contributed by atoms with van der Waals surface area (Å²) in [5.74, 6) is 0. The molecule has 2 saturated carbocycles. The number of rotatable bonds is 10. The van der Waals surface area contributed by atoms with Crippen LogP contribution in [0.15, 0.2) is 60.7 Å². The summed E-state index contributed by atoms with van der Waals surface area (Å²) in [6.07, 6.45) is 1.78. The third-order valence-electron chi connectivity index (χ3n) is 8.00. The maximum absolute atomic E-state index is 13.6. The minimum atomic E-state index is -3.60. The van der Waals surface area contributed by atoms with E-state index in [1.54, 1.807) is 0 Å². The van der Waals surface area contributed by atoms with E-state index in [-0.39, 0.29) is 0 Å². The Morgan fingerprint density at radius 3 is 1.78 bits per heavy atom. The Morgan fingerprint density at radius 2 is 1.41 bits per heavy atom. The molecule has 174 valence electrons. The zero-order chi connectivity index (χ0) is 23.3. The zero-order valence-corrected chi connectivity index (χ0v) is 20.7. The van der Waals surface area contributed by atoms with E-state index in [0.29, 0.717) is 38.5 Å². The van der Waals surface area contributed by atoms with Gasteiger partial charge in [-0.3, -0.25) is 0 Å². The van der Waals surface area contributed by atoms with Gasteiger partial charge in [-0.25, -0.2) is 8.42 Å². The molecule has 2 aromatic rings. The minimum Gasteiger partial charge on any atom is -0.424 e. The molecule has 2 aliphatic carbocycles. The predicted octanol–water partition coefficient (Wildman–Crippen LogP) is 2.13. The Morgan fingerprint density at radius 1 is 0.938 bits per heavy atom. The number of aliphatic hydroxyl groups excluding tert-OH is 2. The van der Waals surface area contributed by atoms with Crippen LogP contribution in [0, 0.1) is 0 Å². The lowest BCUT2D eigenvalue weighted by Crippen LogP contribution is -2.65. The van der Waals surface area contributed by atoms with Crippen molar-refractivity contribution in [2.75, 3.05) is 6.61 Å². The molecule has 0 saturated heterocycles. The largest absolute Gasteiger partial charge is 0.424 e. The topological polar surface area (TPSA) is 94.8 Å². The van der Waals surface area contributed by atoms with Crippen molar-refractivity contribution in [1.82, 2.24) is 0 Å². The first-order valence-corrected chi connectivity index (χ1v) is 14.9. The molecule has 0 amide bonds. The number of aliphatic hydroxyl groups is 2. The standard InChI is InChI=1S/C25H34O5SSi/c1-23(2,32(30,20-9-5-3-6-10-20)21-11-7-4-8-12-21)13-14-24(15-16-24)31(28,29)25(17-18-25)22(27)19-26/h3-12,22,26-27,30H,13-19H2,1-2H3. The van der Waals surface area contributed by atoms with Crippen LogP contribution < -0.4 is 10.4 Å². The summed E-state index contributed by atoms with van der Waals surface area (Å²) in [6.45, 7) is 3.57. The molecule has 7 heteroatoms. The van der Waals surface area contributed by atoms with Crippen molar-refractivity contribution >= 4 is 28.5 Å². The van der Waals surface area contributed by atoms with Gasteiger partial charge < -0.3 is 15.0 Å². The van der Waals surface area contributed by atoms with Crippen molar-refractivity contribution in [1.29, 1.82) is 0 Å². The number of hydrogen-bond donors (Lipinski definition) is 3. The molecular weight excluding hydrogens is 440 g/mol. The van der Waals surface area contributed by atoms with E-state index in [2.05, 4.69) is 13.8 Å². The van der Waals surface area contributed by atoms with E-state index in [4.69, 9.17) is 0 Å². The number of benzene rings is 2. The molecule has 4 rings (SSSR count). The highest BCUT2D eigenvalue weighted by molar-refractivity contribution is 7.94. The molecule has 3 N–H and O–H groups in total. The lowest BCUT2D eigenvalue weighted by atomic mass is 10.0. The normalized spacial score (nSPS) is 20.5. The van der Waals surface area contributed by atoms with Gasteiger partial charge in [-0.2, -0.15) is 0 Å². The van der Waals surface area contributed by atoms with Crippen LogP contribution in [0.25, 0.3) is 0 Å². The van der Waals surface area contributed by atoms with Gasteiger partial charge in [0.25, 0.3) is 8.32 Å². The first-order valence-electron chi connectivity index (χ1n) is 11.4. The van der Waals surface area contributed by atoms with Crippen molar-refractivity contribution in [2.24, 2.45) is 0 Å². The Hall–Kier alpha value is -1.51. The molecule has 2 aromatic carbocycles. The Balaban J connectivity index is 1.65. The average molecular weight is 475 g/mol. The van der Waals surface area contributed by atoms with Crippen molar-refractivity contribution < 1.29 is 23.4 Å². The van der Waals surface area contributed by atoms with Crippen LogP contribution >= 0.6 is 0 Å². The second kappa shape index (κ2) is 8.06. The molecule has 5 nitrogen and oxygen atoms in total. The summed E-state index contributed by atoms with van der Waals surface area (Å²) in [7, 11) is -6.80. The third-order valence-corrected chi connectivity index (χ3v) is 16.1. The van der Waals surface area contributed by atoms with Gasteiger partial charge in [0.1, 0.15) is 4.75 Å². The second-order valence-corrected chi connectivity index (χ2v) is 16.9. The smallest absolute Gasteiger partial charge is 0.258 e. The molecule has 0 aromatic heterocycles. The van der Waals surface area contributed by atoms with Gasteiger partial charge in [-0.15, -0.1) is 0 Å². The van der Waals surface area contributed by atoms with E-state index in [0.717, 1.165) is 10.4 Å². The van der Waals surface area contributed by atoms with Crippen LogP contribution in [-0.4, -0.2) is 53.9 Å². The summed E-state index contributed by atoms with van der Waals surface area (Å²) in [4.78, 5) is 12.3. The van der Waals surface area contributed by atoms with Crippen molar-refractivity contribution in [3.05, 3.63) is 60.7 Å². The van der Waals surface area contributed by atoms with E-state index >= 15 is 0 Å². The fourth-order valence-corrected chi connectivity index (χ4v) is 12.0. The van der Waals surface area contributed by atoms with Gasteiger partial charge in [-0.1, -0.05) is 74.5 Å². The minimum absolute atomic E-state index is 0.412. The van der Waals surface area contributed by atoms with E-state index in [1.165, 1.54) is 0 Å². The summed E-state index contributed by atoms with van der Waals surface area (Å²) in [5, 5.41) is 21.0. The van der Waals surface area contributed by atoms with Gasteiger partial charge in [-0.05, 0) is 53.9 Å². The molecule has 2 fully saturated rings. The highest BCUT2D eigenvalue weighted by atomic mass is 32.2. The molecule has 0 aliphatic heterocycles. The van der Waals surface area contributed by atoms with Crippen LogP contribution in [-0.2, 0) is 9.84 Å². The van der Waals surface area contributed by atoms with Crippen molar-refractivity contribution in [3.63, 3.8) is 0 Å². The van der Waals surface area contributed by atoms with Crippen molar-refractivity contribution in [2.45, 2.75) is 73.0 Å². The van der Waals surface area contributed by atoms with Gasteiger partial charge in [0.2, 0.25) is 0 Å². The van der Waals surface area contributed by atoms with Gasteiger partial charge in [0, 0.05) is 0 Å². The van der Waals surface area contributed by atoms with Gasteiger partial charge in [0.15, 0.2) is 9.84 Å². The quantitative estimate of drug-likeness (QED) is 0.459. The molecular formula is C25H34O5SSi. The summed E-state index contributed by atoms with van der Waals surface area (Å²) >= 11 is 0. The molecule has 1 atom stereocenters. The lowest BCUT2D eigenvalue weighted by molar-refractivity contribution is 0.0848. The Bertz CT molecular complexity index is 1000. The second-order valence-electron chi connectivity index (χ2n) is 10.3. The first kappa shape index (κ1) is 23.6. The first-order chi connectivity index (χ1) is 15.1. The average Bonchev–Trinajstić information content (AvgIpc) is 3.72. The molecule has 1 unspecified atom stereocenters. The van der Waals surface area contributed by atoms with Crippen LogP contribution in [0.2, 0.25) is 5.04 Å². The van der Waals surface area contributed by atoms with E-state index in [1.807, 2.05) is 60.7 Å². The zero-order valence-electron chi connectivity index (χ0n) is 18.9. The molecule has 0 radical (unpaired) electrons. The van der Waals surface area contributed by atoms with Crippen LogP contribution in [0.1, 0.15) is 52.4 Å². The lowest BCUT2D eigenvalue weighted by Gasteiger charge is -2.42. The SMILES string of the molecule is CC(C)(CCC1(S(=O)(=O)C2(C(O)CO)CC2)CC1)[Si](O)(c1ccccc1)c1ccccc1. The maximum Gasteiger partial charge on any atom is 0.258 e. The third kappa shape index (κ3) is 3.49. The molecule has 0 spiro atoms. The molecule has 32 heavy (non-hydrogen) atoms. The van der Waals surface area contributed by atoms with Crippen LogP contribution in [0.3, 0.4) is 0 Å². The maximum atomic E-state index is 13.6. The molecule has 2 aliphatic rings. The predicted molar refractivity (Wildman–Crippen MR) is 129 cm³/mol. The van der Waals surface area contributed by atoms with Crippen LogP contribution in [0.5, 0.6) is 0 Å². The number of hydrogen-bond acceptors (Lipinski definition) is 5. The summed E-state index contributed by atoms with van der Waals surface area (Å²) < 4.78 is 25.1. The Labute approximate surface area is 192 Å². The fourth-order valence-electron chi connectivity index (χ4n) is 5.32. The monoisotopic (exact) mass is 474 g/mol.